The summed E-state index contributed by atoms with van der Waals surface area (Å²) in [4.78, 5) is 33.9. The molecule has 2 atom stereocenters. The molecule has 37 heavy (non-hydrogen) atoms. The molecule has 1 aliphatic heterocycles. The summed E-state index contributed by atoms with van der Waals surface area (Å²) in [6.45, 7) is 7.14. The Morgan fingerprint density at radius 1 is 1.05 bits per heavy atom. The van der Waals surface area contributed by atoms with Crippen molar-refractivity contribution in [3.05, 3.63) is 89.6 Å². The van der Waals surface area contributed by atoms with Gasteiger partial charge in [0.25, 0.3) is 0 Å². The highest BCUT2D eigenvalue weighted by molar-refractivity contribution is 5.95. The second-order valence-corrected chi connectivity index (χ2v) is 9.17. The minimum atomic E-state index is -0.566. The van der Waals surface area contributed by atoms with Crippen LogP contribution in [0.3, 0.4) is 0 Å². The number of rotatable bonds is 9. The van der Waals surface area contributed by atoms with Gasteiger partial charge >= 0.3 is 0 Å². The van der Waals surface area contributed by atoms with E-state index in [-0.39, 0.29) is 17.7 Å². The third-order valence-electron chi connectivity index (χ3n) is 6.70. The predicted octanol–water partition coefficient (Wildman–Crippen LogP) is 3.69. The van der Waals surface area contributed by atoms with E-state index >= 15 is 0 Å². The van der Waals surface area contributed by atoms with Crippen LogP contribution in [0.25, 0.3) is 0 Å². The van der Waals surface area contributed by atoms with E-state index in [1.807, 2.05) is 77.4 Å². The van der Waals surface area contributed by atoms with E-state index < -0.39 is 6.04 Å². The van der Waals surface area contributed by atoms with Crippen molar-refractivity contribution in [1.29, 1.82) is 5.26 Å². The lowest BCUT2D eigenvalue weighted by Crippen LogP contribution is -2.50. The summed E-state index contributed by atoms with van der Waals surface area (Å²) in [5.74, 6) is 0.499. The molecule has 0 unspecified atom stereocenters. The quantitative estimate of drug-likeness (QED) is 0.469. The van der Waals surface area contributed by atoms with E-state index in [4.69, 9.17) is 5.26 Å². The number of hydrogen-bond acceptors (Lipinski definition) is 6. The molecule has 0 bridgehead atoms. The van der Waals surface area contributed by atoms with Crippen LogP contribution in [0.2, 0.25) is 0 Å². The molecule has 190 valence electrons. The molecule has 1 saturated heterocycles. The molecular weight excluding hydrogens is 464 g/mol. The summed E-state index contributed by atoms with van der Waals surface area (Å²) in [5, 5.41) is 15.4. The van der Waals surface area contributed by atoms with Gasteiger partial charge in [-0.15, -0.1) is 0 Å². The molecule has 2 N–H and O–H groups in total. The molecule has 2 heterocycles. The Balaban J connectivity index is 1.41. The Morgan fingerprint density at radius 2 is 1.81 bits per heavy atom. The van der Waals surface area contributed by atoms with Crippen molar-refractivity contribution >= 4 is 23.3 Å². The SMILES string of the molecule is CCN1CCN(c2ccc(NC(=O)[C@H](NC[C@@H](C)c3ccc(C#N)cc3)c3ccccc3)nc2)CC1=O. The highest BCUT2D eigenvalue weighted by Crippen LogP contribution is 2.21. The summed E-state index contributed by atoms with van der Waals surface area (Å²) in [6, 6.07) is 22.3. The van der Waals surface area contributed by atoms with Crippen LogP contribution in [0.5, 0.6) is 0 Å². The largest absolute Gasteiger partial charge is 0.359 e. The van der Waals surface area contributed by atoms with Gasteiger partial charge in [-0.05, 0) is 48.2 Å². The zero-order valence-corrected chi connectivity index (χ0v) is 21.2. The normalized spacial score (nSPS) is 15.1. The van der Waals surface area contributed by atoms with E-state index in [1.165, 1.54) is 0 Å². The lowest BCUT2D eigenvalue weighted by molar-refractivity contribution is -0.130. The number of pyridine rings is 1. The van der Waals surface area contributed by atoms with Gasteiger partial charge in [0.1, 0.15) is 11.9 Å². The Kier molecular flexibility index (Phi) is 8.49. The number of amides is 2. The fourth-order valence-corrected chi connectivity index (χ4v) is 4.41. The Morgan fingerprint density at radius 3 is 2.43 bits per heavy atom. The van der Waals surface area contributed by atoms with Crippen molar-refractivity contribution in [3.8, 4) is 6.07 Å². The second kappa shape index (κ2) is 12.2. The molecule has 0 spiro atoms. The van der Waals surface area contributed by atoms with Crippen LogP contribution in [0.4, 0.5) is 11.5 Å². The van der Waals surface area contributed by atoms with Gasteiger partial charge in [-0.25, -0.2) is 4.98 Å². The van der Waals surface area contributed by atoms with Crippen LogP contribution in [-0.4, -0.2) is 54.4 Å². The first-order valence-corrected chi connectivity index (χ1v) is 12.6. The average Bonchev–Trinajstić information content (AvgIpc) is 2.94. The number of carbonyl (C=O) groups is 2. The van der Waals surface area contributed by atoms with Crippen LogP contribution in [0.1, 0.15) is 42.5 Å². The number of nitriles is 1. The zero-order valence-electron chi connectivity index (χ0n) is 21.2. The summed E-state index contributed by atoms with van der Waals surface area (Å²) >= 11 is 0. The van der Waals surface area contributed by atoms with Gasteiger partial charge in [0.05, 0.1) is 30.1 Å². The second-order valence-electron chi connectivity index (χ2n) is 9.17. The van der Waals surface area contributed by atoms with Crippen molar-refractivity contribution in [1.82, 2.24) is 15.2 Å². The summed E-state index contributed by atoms with van der Waals surface area (Å²) in [7, 11) is 0. The molecule has 2 aromatic carbocycles. The molecule has 0 aliphatic carbocycles. The average molecular weight is 497 g/mol. The van der Waals surface area contributed by atoms with Gasteiger partial charge in [-0.3, -0.25) is 9.59 Å². The number of likely N-dealkylation sites (N-methyl/N-ethyl adjacent to an activating group) is 1. The lowest BCUT2D eigenvalue weighted by atomic mass is 9.98. The highest BCUT2D eigenvalue weighted by Gasteiger charge is 2.24. The standard InChI is InChI=1S/C29H32N6O2/c1-3-34-15-16-35(20-27(34)36)25-13-14-26(31-19-25)33-29(37)28(24-7-5-4-6-8-24)32-18-21(2)23-11-9-22(17-30)10-12-23/h4-14,19,21,28,32H,3,15-16,18,20H2,1-2H3,(H,31,33,37)/t21-,28-/m1/s1. The first-order chi connectivity index (χ1) is 18.0. The third-order valence-corrected chi connectivity index (χ3v) is 6.70. The number of aromatic nitrogens is 1. The van der Waals surface area contributed by atoms with Crippen molar-refractivity contribution in [2.45, 2.75) is 25.8 Å². The van der Waals surface area contributed by atoms with Crippen LogP contribution < -0.4 is 15.5 Å². The molecule has 0 radical (unpaired) electrons. The van der Waals surface area contributed by atoms with Crippen molar-refractivity contribution in [2.24, 2.45) is 0 Å². The maximum atomic E-state index is 13.3. The smallest absolute Gasteiger partial charge is 0.247 e. The molecule has 0 saturated carbocycles. The molecule has 1 fully saturated rings. The summed E-state index contributed by atoms with van der Waals surface area (Å²) < 4.78 is 0. The molecule has 1 aliphatic rings. The number of anilines is 2. The number of nitrogens with zero attached hydrogens (tertiary/aromatic N) is 4. The number of piperazine rings is 1. The zero-order chi connectivity index (χ0) is 26.2. The molecule has 1 aromatic heterocycles. The van der Waals surface area contributed by atoms with Gasteiger partial charge in [0.2, 0.25) is 11.8 Å². The first kappa shape index (κ1) is 25.9. The fraction of sp³-hybridized carbons (Fsp3) is 0.310. The van der Waals surface area contributed by atoms with E-state index in [9.17, 15) is 9.59 Å². The topological polar surface area (TPSA) is 101 Å². The van der Waals surface area contributed by atoms with Crippen LogP contribution in [-0.2, 0) is 9.59 Å². The number of nitrogens with one attached hydrogen (secondary N) is 2. The first-order valence-electron chi connectivity index (χ1n) is 12.6. The molecular formula is C29H32N6O2. The molecule has 2 amide bonds. The highest BCUT2D eigenvalue weighted by atomic mass is 16.2. The molecule has 4 rings (SSSR count). The number of hydrogen-bond donors (Lipinski definition) is 2. The van der Waals surface area contributed by atoms with Crippen molar-refractivity contribution < 1.29 is 9.59 Å². The van der Waals surface area contributed by atoms with Crippen LogP contribution >= 0.6 is 0 Å². The van der Waals surface area contributed by atoms with Crippen LogP contribution in [0, 0.1) is 11.3 Å². The Hall–Kier alpha value is -4.22. The van der Waals surface area contributed by atoms with E-state index in [1.54, 1.807) is 12.3 Å². The summed E-state index contributed by atoms with van der Waals surface area (Å²) in [6.07, 6.45) is 1.70. The third kappa shape index (κ3) is 6.51. The van der Waals surface area contributed by atoms with Crippen molar-refractivity contribution in [3.63, 3.8) is 0 Å². The summed E-state index contributed by atoms with van der Waals surface area (Å²) in [5.41, 5.74) is 3.43. The van der Waals surface area contributed by atoms with E-state index in [2.05, 4.69) is 28.6 Å². The van der Waals surface area contributed by atoms with Gasteiger partial charge in [0.15, 0.2) is 0 Å². The molecule has 3 aromatic rings. The van der Waals surface area contributed by atoms with Crippen molar-refractivity contribution in [2.75, 3.05) is 42.9 Å². The fourth-order valence-electron chi connectivity index (χ4n) is 4.41. The maximum Gasteiger partial charge on any atom is 0.247 e. The van der Waals surface area contributed by atoms with E-state index in [0.29, 0.717) is 31.0 Å². The van der Waals surface area contributed by atoms with Gasteiger partial charge in [-0.1, -0.05) is 49.4 Å². The number of carbonyl (C=O) groups excluding carboxylic acids is 2. The Bertz CT molecular complexity index is 1240. The lowest BCUT2D eigenvalue weighted by Gasteiger charge is -2.34. The maximum absolute atomic E-state index is 13.3. The van der Waals surface area contributed by atoms with Gasteiger partial charge in [0, 0.05) is 26.2 Å². The molecule has 8 heteroatoms. The molecule has 8 nitrogen and oxygen atoms in total. The predicted molar refractivity (Wildman–Crippen MR) is 144 cm³/mol. The minimum absolute atomic E-state index is 0.109. The van der Waals surface area contributed by atoms with Gasteiger partial charge < -0.3 is 20.4 Å². The van der Waals surface area contributed by atoms with Gasteiger partial charge in [-0.2, -0.15) is 5.26 Å². The monoisotopic (exact) mass is 496 g/mol. The Labute approximate surface area is 217 Å². The van der Waals surface area contributed by atoms with E-state index in [0.717, 1.165) is 29.9 Å². The minimum Gasteiger partial charge on any atom is -0.359 e. The van der Waals surface area contributed by atoms with Crippen LogP contribution in [0.15, 0.2) is 72.9 Å². The number of benzene rings is 2.